The standard InChI is InChI=1S/C16H9F9N2O/c17-14(18,19)8-1-4-10(5-2-8)26-13(28)27-12-7-9(15(20,21)22)3-6-11(12)16(23,24)25/h1-7H,(H2,26,27,28). The molecule has 2 amide bonds. The molecule has 0 aliphatic rings. The van der Waals surface area contributed by atoms with Crippen molar-refractivity contribution in [1.29, 1.82) is 0 Å². The van der Waals surface area contributed by atoms with Crippen molar-refractivity contribution in [1.82, 2.24) is 0 Å². The van der Waals surface area contributed by atoms with Gasteiger partial charge in [0.25, 0.3) is 0 Å². The number of halogens is 9. The van der Waals surface area contributed by atoms with E-state index in [4.69, 9.17) is 0 Å². The zero-order chi connectivity index (χ0) is 21.3. The molecule has 0 saturated heterocycles. The Balaban J connectivity index is 2.25. The van der Waals surface area contributed by atoms with Gasteiger partial charge in [0, 0.05) is 5.69 Å². The normalized spacial score (nSPS) is 12.6. The lowest BCUT2D eigenvalue weighted by Crippen LogP contribution is -2.22. The summed E-state index contributed by atoms with van der Waals surface area (Å²) in [7, 11) is 0. The molecule has 0 spiro atoms. The van der Waals surface area contributed by atoms with Crippen LogP contribution in [0.5, 0.6) is 0 Å². The highest BCUT2D eigenvalue weighted by Crippen LogP contribution is 2.39. The van der Waals surface area contributed by atoms with E-state index in [9.17, 15) is 44.3 Å². The molecule has 0 bridgehead atoms. The smallest absolute Gasteiger partial charge is 0.308 e. The van der Waals surface area contributed by atoms with Crippen LogP contribution in [0.15, 0.2) is 42.5 Å². The lowest BCUT2D eigenvalue weighted by molar-refractivity contribution is -0.140. The summed E-state index contributed by atoms with van der Waals surface area (Å²) >= 11 is 0. The highest BCUT2D eigenvalue weighted by Gasteiger charge is 2.37. The van der Waals surface area contributed by atoms with Crippen LogP contribution >= 0.6 is 0 Å². The fourth-order valence-electron chi connectivity index (χ4n) is 2.10. The van der Waals surface area contributed by atoms with Gasteiger partial charge in [-0.3, -0.25) is 0 Å². The van der Waals surface area contributed by atoms with Gasteiger partial charge in [-0.15, -0.1) is 0 Å². The van der Waals surface area contributed by atoms with Crippen LogP contribution in [-0.4, -0.2) is 6.03 Å². The number of amides is 2. The number of benzene rings is 2. The molecular weight excluding hydrogens is 407 g/mol. The fourth-order valence-corrected chi connectivity index (χ4v) is 2.10. The van der Waals surface area contributed by atoms with Crippen molar-refractivity contribution < 1.29 is 44.3 Å². The van der Waals surface area contributed by atoms with Gasteiger partial charge in [0.2, 0.25) is 0 Å². The molecule has 0 heterocycles. The fraction of sp³-hybridized carbons (Fsp3) is 0.188. The van der Waals surface area contributed by atoms with Crippen LogP contribution in [0.3, 0.4) is 0 Å². The predicted molar refractivity (Wildman–Crippen MR) is 80.5 cm³/mol. The van der Waals surface area contributed by atoms with E-state index in [-0.39, 0.29) is 23.9 Å². The summed E-state index contributed by atoms with van der Waals surface area (Å²) in [5.41, 5.74) is -5.36. The van der Waals surface area contributed by atoms with Crippen molar-refractivity contribution in [3.8, 4) is 0 Å². The zero-order valence-electron chi connectivity index (χ0n) is 13.4. The molecule has 0 atom stereocenters. The topological polar surface area (TPSA) is 41.1 Å². The van der Waals surface area contributed by atoms with Crippen LogP contribution in [0.2, 0.25) is 0 Å². The van der Waals surface area contributed by atoms with Gasteiger partial charge < -0.3 is 10.6 Å². The van der Waals surface area contributed by atoms with Crippen molar-refractivity contribution >= 4 is 17.4 Å². The van der Waals surface area contributed by atoms with Crippen molar-refractivity contribution in [2.45, 2.75) is 18.5 Å². The molecule has 0 saturated carbocycles. The van der Waals surface area contributed by atoms with Crippen LogP contribution in [0.1, 0.15) is 16.7 Å². The van der Waals surface area contributed by atoms with E-state index in [0.717, 1.165) is 12.1 Å². The monoisotopic (exact) mass is 416 g/mol. The molecule has 0 aromatic heterocycles. The van der Waals surface area contributed by atoms with Crippen molar-refractivity contribution in [2.75, 3.05) is 10.6 Å². The van der Waals surface area contributed by atoms with E-state index >= 15 is 0 Å². The molecule has 0 aliphatic heterocycles. The number of anilines is 2. The van der Waals surface area contributed by atoms with E-state index in [1.165, 1.54) is 0 Å². The maximum atomic E-state index is 13.0. The Morgan fingerprint density at radius 3 is 1.61 bits per heavy atom. The Labute approximate surface area is 151 Å². The number of hydrogen-bond acceptors (Lipinski definition) is 1. The molecule has 0 aliphatic carbocycles. The van der Waals surface area contributed by atoms with Crippen molar-refractivity contribution in [2.24, 2.45) is 0 Å². The van der Waals surface area contributed by atoms with Gasteiger partial charge in [0.1, 0.15) is 0 Å². The molecule has 0 radical (unpaired) electrons. The quantitative estimate of drug-likeness (QED) is 0.548. The summed E-state index contributed by atoms with van der Waals surface area (Å²) in [5, 5.41) is 3.57. The number of nitrogens with one attached hydrogen (secondary N) is 2. The number of carbonyl (C=O) groups excluding carboxylic acids is 1. The SMILES string of the molecule is O=C(Nc1ccc(C(F)(F)F)cc1)Nc1cc(C(F)(F)F)ccc1C(F)(F)F. The second-order valence-electron chi connectivity index (χ2n) is 5.41. The van der Waals surface area contributed by atoms with Crippen LogP contribution in [0, 0.1) is 0 Å². The summed E-state index contributed by atoms with van der Waals surface area (Å²) in [6.45, 7) is 0. The minimum atomic E-state index is -5.05. The Kier molecular flexibility index (Phi) is 5.53. The number of hydrogen-bond donors (Lipinski definition) is 2. The number of alkyl halides is 9. The maximum absolute atomic E-state index is 13.0. The highest BCUT2D eigenvalue weighted by atomic mass is 19.4. The van der Waals surface area contributed by atoms with E-state index in [2.05, 4.69) is 0 Å². The molecule has 12 heteroatoms. The Bertz CT molecular complexity index is 852. The lowest BCUT2D eigenvalue weighted by Gasteiger charge is -2.17. The van der Waals surface area contributed by atoms with Crippen LogP contribution in [0.25, 0.3) is 0 Å². The first-order valence-electron chi connectivity index (χ1n) is 7.21. The third-order valence-electron chi connectivity index (χ3n) is 3.37. The molecule has 2 rings (SSSR count). The third kappa shape index (κ3) is 5.30. The average molecular weight is 416 g/mol. The van der Waals surface area contributed by atoms with Crippen LogP contribution in [0.4, 0.5) is 55.7 Å². The second kappa shape index (κ2) is 7.24. The van der Waals surface area contributed by atoms with Gasteiger partial charge in [0.05, 0.1) is 22.4 Å². The molecule has 28 heavy (non-hydrogen) atoms. The van der Waals surface area contributed by atoms with Gasteiger partial charge in [-0.25, -0.2) is 4.79 Å². The molecule has 0 fully saturated rings. The minimum Gasteiger partial charge on any atom is -0.308 e. The Morgan fingerprint density at radius 1 is 0.643 bits per heavy atom. The second-order valence-corrected chi connectivity index (χ2v) is 5.41. The Morgan fingerprint density at radius 2 is 1.14 bits per heavy atom. The summed E-state index contributed by atoms with van der Waals surface area (Å²) < 4.78 is 114. The Hall–Kier alpha value is -2.92. The molecule has 3 nitrogen and oxygen atoms in total. The zero-order valence-corrected chi connectivity index (χ0v) is 13.4. The maximum Gasteiger partial charge on any atom is 0.418 e. The largest absolute Gasteiger partial charge is 0.418 e. The van der Waals surface area contributed by atoms with E-state index in [1.54, 1.807) is 5.32 Å². The first-order chi connectivity index (χ1) is 12.7. The van der Waals surface area contributed by atoms with Crippen LogP contribution < -0.4 is 10.6 Å². The number of rotatable bonds is 2. The minimum absolute atomic E-state index is 0.106. The van der Waals surface area contributed by atoms with E-state index in [1.807, 2.05) is 5.32 Å². The van der Waals surface area contributed by atoms with Gasteiger partial charge in [-0.05, 0) is 42.5 Å². The first-order valence-corrected chi connectivity index (χ1v) is 7.21. The summed E-state index contributed by atoms with van der Waals surface area (Å²) in [6, 6.07) is 2.00. The molecule has 152 valence electrons. The van der Waals surface area contributed by atoms with E-state index in [0.29, 0.717) is 12.1 Å². The molecule has 2 aromatic rings. The highest BCUT2D eigenvalue weighted by molar-refractivity contribution is 6.00. The molecule has 0 unspecified atom stereocenters. The predicted octanol–water partition coefficient (Wildman–Crippen LogP) is 6.39. The third-order valence-corrected chi connectivity index (χ3v) is 3.37. The average Bonchev–Trinajstić information content (AvgIpc) is 2.52. The number of urea groups is 1. The first kappa shape index (κ1) is 21.4. The summed E-state index contributed by atoms with van der Waals surface area (Å²) in [5.74, 6) is 0. The molecule has 2 N–H and O–H groups in total. The van der Waals surface area contributed by atoms with Gasteiger partial charge in [-0.2, -0.15) is 39.5 Å². The van der Waals surface area contributed by atoms with Crippen molar-refractivity contribution in [3.05, 3.63) is 59.2 Å². The van der Waals surface area contributed by atoms with Gasteiger partial charge in [-0.1, -0.05) is 0 Å². The summed E-state index contributed by atoms with van der Waals surface area (Å²) in [4.78, 5) is 11.8. The van der Waals surface area contributed by atoms with Gasteiger partial charge >= 0.3 is 24.6 Å². The van der Waals surface area contributed by atoms with Gasteiger partial charge in [0.15, 0.2) is 0 Å². The number of carbonyl (C=O) groups is 1. The van der Waals surface area contributed by atoms with Crippen LogP contribution in [-0.2, 0) is 18.5 Å². The molecule has 2 aromatic carbocycles. The van der Waals surface area contributed by atoms with Crippen molar-refractivity contribution in [3.63, 3.8) is 0 Å². The van der Waals surface area contributed by atoms with E-state index < -0.39 is 46.9 Å². The summed E-state index contributed by atoms with van der Waals surface area (Å²) in [6.07, 6.45) is -14.6. The lowest BCUT2D eigenvalue weighted by atomic mass is 10.1. The molecular formula is C16H9F9N2O.